The molecule has 166 valence electrons. The molecule has 1 saturated heterocycles. The SMILES string of the molecule is Cl.Cl.Cl.c1ccc([C@H]2NCCC[C@H]2NCc2cc(-c3nccs3)cc3ccoc23)cc1. The molecule has 0 saturated carbocycles. The van der Waals surface area contributed by atoms with Crippen LogP contribution >= 0.6 is 48.6 Å². The lowest BCUT2D eigenvalue weighted by atomic mass is 9.92. The number of thiazole rings is 1. The van der Waals surface area contributed by atoms with E-state index < -0.39 is 0 Å². The molecule has 0 amide bonds. The van der Waals surface area contributed by atoms with E-state index in [9.17, 15) is 0 Å². The van der Waals surface area contributed by atoms with Gasteiger partial charge in [-0.05, 0) is 43.1 Å². The van der Waals surface area contributed by atoms with E-state index in [1.165, 1.54) is 24.0 Å². The molecule has 2 aromatic carbocycles. The first-order valence-corrected chi connectivity index (χ1v) is 10.7. The highest BCUT2D eigenvalue weighted by Crippen LogP contribution is 2.30. The van der Waals surface area contributed by atoms with Crippen LogP contribution in [0.15, 0.2) is 70.8 Å². The van der Waals surface area contributed by atoms with Crippen LogP contribution in [0.3, 0.4) is 0 Å². The van der Waals surface area contributed by atoms with Crippen molar-refractivity contribution in [3.63, 3.8) is 0 Å². The van der Waals surface area contributed by atoms with Crippen LogP contribution in [0.1, 0.15) is 30.0 Å². The molecule has 1 aliphatic heterocycles. The predicted octanol–water partition coefficient (Wildman–Crippen LogP) is 6.40. The van der Waals surface area contributed by atoms with Crippen LogP contribution in [0.25, 0.3) is 21.5 Å². The zero-order chi connectivity index (χ0) is 18.8. The molecule has 0 radical (unpaired) electrons. The summed E-state index contributed by atoms with van der Waals surface area (Å²) in [6, 6.07) is 17.9. The third kappa shape index (κ3) is 5.61. The Morgan fingerprint density at radius 3 is 2.71 bits per heavy atom. The molecule has 0 aliphatic carbocycles. The third-order valence-electron chi connectivity index (χ3n) is 5.48. The van der Waals surface area contributed by atoms with Gasteiger partial charge in [0.25, 0.3) is 0 Å². The maximum atomic E-state index is 5.80. The van der Waals surface area contributed by atoms with E-state index >= 15 is 0 Å². The number of furan rings is 1. The van der Waals surface area contributed by atoms with Crippen LogP contribution in [-0.4, -0.2) is 17.6 Å². The quantitative estimate of drug-likeness (QED) is 0.334. The van der Waals surface area contributed by atoms with E-state index in [2.05, 4.69) is 58.1 Å². The van der Waals surface area contributed by atoms with Crippen LogP contribution in [-0.2, 0) is 6.54 Å². The Bertz CT molecular complexity index is 1060. The first-order chi connectivity index (χ1) is 13.9. The number of nitrogens with one attached hydrogen (secondary N) is 2. The van der Waals surface area contributed by atoms with E-state index in [0.29, 0.717) is 12.1 Å². The highest BCUT2D eigenvalue weighted by atomic mass is 35.5. The van der Waals surface area contributed by atoms with Gasteiger partial charge in [0.05, 0.1) is 6.26 Å². The van der Waals surface area contributed by atoms with Crippen molar-refractivity contribution in [2.75, 3.05) is 6.54 Å². The number of halogens is 3. The van der Waals surface area contributed by atoms with Gasteiger partial charge in [0.2, 0.25) is 0 Å². The van der Waals surface area contributed by atoms with Gasteiger partial charge in [0.1, 0.15) is 10.6 Å². The summed E-state index contributed by atoms with van der Waals surface area (Å²) < 4.78 is 5.80. The van der Waals surface area contributed by atoms with E-state index in [-0.39, 0.29) is 37.2 Å². The average Bonchev–Trinajstić information content (AvgIpc) is 3.44. The molecular weight excluding hydrogens is 473 g/mol. The molecule has 2 N–H and O–H groups in total. The van der Waals surface area contributed by atoms with Gasteiger partial charge in [-0.1, -0.05) is 30.3 Å². The number of rotatable bonds is 5. The van der Waals surface area contributed by atoms with E-state index in [1.54, 1.807) is 17.6 Å². The number of hydrogen-bond acceptors (Lipinski definition) is 5. The molecule has 1 aliphatic rings. The second kappa shape index (κ2) is 11.9. The van der Waals surface area contributed by atoms with Crippen LogP contribution in [0.2, 0.25) is 0 Å². The summed E-state index contributed by atoms with van der Waals surface area (Å²) >= 11 is 1.67. The lowest BCUT2D eigenvalue weighted by Gasteiger charge is -2.34. The fourth-order valence-corrected chi connectivity index (χ4v) is 4.76. The maximum absolute atomic E-state index is 5.80. The minimum Gasteiger partial charge on any atom is -0.464 e. The normalized spacial score (nSPS) is 17.9. The minimum atomic E-state index is 0. The van der Waals surface area contributed by atoms with Crippen LogP contribution in [0, 0.1) is 0 Å². The molecule has 0 unspecified atom stereocenters. The van der Waals surface area contributed by atoms with Crippen molar-refractivity contribution in [2.24, 2.45) is 0 Å². The average molecular weight is 499 g/mol. The first-order valence-electron chi connectivity index (χ1n) is 9.80. The lowest BCUT2D eigenvalue weighted by Crippen LogP contribution is -2.45. The Kier molecular flexibility index (Phi) is 9.82. The first kappa shape index (κ1) is 25.7. The van der Waals surface area contributed by atoms with Crippen LogP contribution in [0.5, 0.6) is 0 Å². The second-order valence-corrected chi connectivity index (χ2v) is 8.18. The van der Waals surface area contributed by atoms with Gasteiger partial charge in [0, 0.05) is 46.7 Å². The molecule has 4 nitrogen and oxygen atoms in total. The van der Waals surface area contributed by atoms with E-state index in [1.807, 2.05) is 17.6 Å². The summed E-state index contributed by atoms with van der Waals surface area (Å²) in [6.07, 6.45) is 5.99. The molecule has 2 aromatic heterocycles. The molecule has 8 heteroatoms. The zero-order valence-electron chi connectivity index (χ0n) is 16.8. The largest absolute Gasteiger partial charge is 0.464 e. The van der Waals surface area contributed by atoms with Gasteiger partial charge in [0.15, 0.2) is 0 Å². The van der Waals surface area contributed by atoms with Crippen molar-refractivity contribution in [3.8, 4) is 10.6 Å². The van der Waals surface area contributed by atoms with Gasteiger partial charge in [-0.2, -0.15) is 0 Å². The van der Waals surface area contributed by atoms with Gasteiger partial charge >= 0.3 is 0 Å². The van der Waals surface area contributed by atoms with Crippen molar-refractivity contribution in [1.29, 1.82) is 0 Å². The fraction of sp³-hybridized carbons (Fsp3) is 0.261. The Morgan fingerprint density at radius 1 is 1.10 bits per heavy atom. The number of fused-ring (bicyclic) bond motifs is 1. The van der Waals surface area contributed by atoms with Gasteiger partial charge in [-0.25, -0.2) is 4.98 Å². The summed E-state index contributed by atoms with van der Waals surface area (Å²) in [5.74, 6) is 0. The molecule has 3 heterocycles. The molecule has 2 atom stereocenters. The Balaban J connectivity index is 0.00000114. The fourth-order valence-electron chi connectivity index (χ4n) is 4.14. The molecule has 1 fully saturated rings. The van der Waals surface area contributed by atoms with Gasteiger partial charge < -0.3 is 15.1 Å². The number of benzene rings is 2. The Hall–Kier alpha value is -1.60. The van der Waals surface area contributed by atoms with Crippen molar-refractivity contribution >= 4 is 59.5 Å². The smallest absolute Gasteiger partial charge is 0.138 e. The Labute approximate surface area is 205 Å². The van der Waals surface area contributed by atoms with Gasteiger partial charge in [-0.3, -0.25) is 0 Å². The standard InChI is InChI=1S/C23H23N3OS.3ClH/c1-2-5-16(6-3-1)21-20(7-4-9-24-21)26-15-19-14-18(23-25-10-12-28-23)13-17-8-11-27-22(17)19;;;/h1-3,5-6,8,10-14,20-21,24,26H,4,7,9,15H2;3*1H/t20-,21-;;;/m1.../s1. The predicted molar refractivity (Wildman–Crippen MR) is 136 cm³/mol. The maximum Gasteiger partial charge on any atom is 0.138 e. The van der Waals surface area contributed by atoms with Crippen molar-refractivity contribution in [3.05, 3.63) is 77.5 Å². The zero-order valence-corrected chi connectivity index (χ0v) is 20.1. The highest BCUT2D eigenvalue weighted by Gasteiger charge is 2.25. The summed E-state index contributed by atoms with van der Waals surface area (Å²) in [5.41, 5.74) is 4.65. The molecule has 31 heavy (non-hydrogen) atoms. The topological polar surface area (TPSA) is 50.1 Å². The summed E-state index contributed by atoms with van der Waals surface area (Å²) in [5, 5.41) is 11.7. The van der Waals surface area contributed by atoms with Crippen LogP contribution < -0.4 is 10.6 Å². The highest BCUT2D eigenvalue weighted by molar-refractivity contribution is 7.13. The monoisotopic (exact) mass is 497 g/mol. The van der Waals surface area contributed by atoms with Crippen LogP contribution in [0.4, 0.5) is 0 Å². The van der Waals surface area contributed by atoms with Gasteiger partial charge in [-0.15, -0.1) is 48.6 Å². The van der Waals surface area contributed by atoms with E-state index in [4.69, 9.17) is 4.42 Å². The van der Waals surface area contributed by atoms with Crippen molar-refractivity contribution in [1.82, 2.24) is 15.6 Å². The number of piperidine rings is 1. The van der Waals surface area contributed by atoms with E-state index in [0.717, 1.165) is 34.6 Å². The molecule has 5 rings (SSSR count). The molecular formula is C23H26Cl3N3OS. The summed E-state index contributed by atoms with van der Waals surface area (Å²) in [7, 11) is 0. The number of aromatic nitrogens is 1. The number of nitrogens with zero attached hydrogens (tertiary/aromatic N) is 1. The molecule has 4 aromatic rings. The van der Waals surface area contributed by atoms with Crippen molar-refractivity contribution in [2.45, 2.75) is 31.5 Å². The van der Waals surface area contributed by atoms with Crippen molar-refractivity contribution < 1.29 is 4.42 Å². The molecule has 0 bridgehead atoms. The summed E-state index contributed by atoms with van der Waals surface area (Å²) in [4.78, 5) is 4.48. The third-order valence-corrected chi connectivity index (χ3v) is 6.30. The summed E-state index contributed by atoms with van der Waals surface area (Å²) in [6.45, 7) is 1.85. The number of hydrogen-bond donors (Lipinski definition) is 2. The lowest BCUT2D eigenvalue weighted by molar-refractivity contribution is 0.304. The molecule has 0 spiro atoms. The minimum absolute atomic E-state index is 0. The second-order valence-electron chi connectivity index (χ2n) is 7.28. The Morgan fingerprint density at radius 2 is 1.94 bits per heavy atom.